The summed E-state index contributed by atoms with van der Waals surface area (Å²) in [5, 5.41) is 3.33. The summed E-state index contributed by atoms with van der Waals surface area (Å²) in [5.41, 5.74) is 1.14. The number of nitrogens with zero attached hydrogens (tertiary/aromatic N) is 3. The molecule has 2 aromatic rings. The highest BCUT2D eigenvalue weighted by Crippen LogP contribution is 2.35. The molecule has 0 radical (unpaired) electrons. The molecule has 0 aliphatic rings. The number of anilines is 3. The summed E-state index contributed by atoms with van der Waals surface area (Å²) in [6.07, 6.45) is 1.85. The lowest BCUT2D eigenvalue weighted by molar-refractivity contribution is 0.781. The highest BCUT2D eigenvalue weighted by Gasteiger charge is 2.19. The van der Waals surface area contributed by atoms with Crippen molar-refractivity contribution in [2.45, 2.75) is 19.9 Å². The Balaban J connectivity index is 2.50. The molecule has 0 bridgehead atoms. The minimum absolute atomic E-state index is 0.372. The molecule has 2 rings (SSSR count). The van der Waals surface area contributed by atoms with E-state index in [0.29, 0.717) is 6.04 Å². The maximum atomic E-state index is 4.57. The van der Waals surface area contributed by atoms with Crippen LogP contribution in [0.15, 0.2) is 35.8 Å². The van der Waals surface area contributed by atoms with Crippen LogP contribution in [0.2, 0.25) is 0 Å². The lowest BCUT2D eigenvalue weighted by Gasteiger charge is -2.29. The fraction of sp³-hybridized carbons (Fsp3) is 0.357. The average Bonchev–Trinajstić information content (AvgIpc) is 2.83. The van der Waals surface area contributed by atoms with Crippen LogP contribution >= 0.6 is 11.3 Å². The van der Waals surface area contributed by atoms with Crippen LogP contribution in [0.5, 0.6) is 0 Å². The molecule has 0 aromatic carbocycles. The Bertz CT molecular complexity index is 492. The largest absolute Gasteiger partial charge is 0.375 e. The third-order valence-electron chi connectivity index (χ3n) is 2.74. The molecule has 4 heteroatoms. The Hall–Kier alpha value is -1.55. The third kappa shape index (κ3) is 2.48. The Morgan fingerprint density at radius 2 is 1.94 bits per heavy atom. The first-order valence-corrected chi connectivity index (χ1v) is 6.94. The predicted octanol–water partition coefficient (Wildman–Crippen LogP) is 3.76. The van der Waals surface area contributed by atoms with Crippen molar-refractivity contribution in [3.05, 3.63) is 35.8 Å². The van der Waals surface area contributed by atoms with Crippen molar-refractivity contribution in [3.8, 4) is 0 Å². The van der Waals surface area contributed by atoms with Crippen molar-refractivity contribution in [1.29, 1.82) is 0 Å². The van der Waals surface area contributed by atoms with Gasteiger partial charge in [0.05, 0.1) is 10.7 Å². The molecule has 0 unspecified atom stereocenters. The summed E-state index contributed by atoms with van der Waals surface area (Å²) < 4.78 is 0. The lowest BCUT2D eigenvalue weighted by atomic mass is 10.2. The van der Waals surface area contributed by atoms with Gasteiger partial charge in [0.1, 0.15) is 0 Å². The van der Waals surface area contributed by atoms with Crippen LogP contribution in [0, 0.1) is 0 Å². The smallest absolute Gasteiger partial charge is 0.157 e. The summed E-state index contributed by atoms with van der Waals surface area (Å²) >= 11 is 1.74. The number of hydrogen-bond donors (Lipinski definition) is 0. The first-order chi connectivity index (χ1) is 8.61. The van der Waals surface area contributed by atoms with Gasteiger partial charge in [-0.1, -0.05) is 0 Å². The SMILES string of the molecule is CC(C)N(c1cccs1)c1ncccc1N(C)C. The first-order valence-electron chi connectivity index (χ1n) is 6.06. The van der Waals surface area contributed by atoms with E-state index in [1.54, 1.807) is 11.3 Å². The minimum atomic E-state index is 0.372. The maximum absolute atomic E-state index is 4.57. The Morgan fingerprint density at radius 1 is 1.17 bits per heavy atom. The number of rotatable bonds is 4. The minimum Gasteiger partial charge on any atom is -0.375 e. The molecule has 2 heterocycles. The van der Waals surface area contributed by atoms with Gasteiger partial charge in [-0.3, -0.25) is 0 Å². The topological polar surface area (TPSA) is 19.4 Å². The van der Waals surface area contributed by atoms with Crippen LogP contribution in [0.3, 0.4) is 0 Å². The van der Waals surface area contributed by atoms with Crippen molar-refractivity contribution >= 4 is 27.8 Å². The summed E-state index contributed by atoms with van der Waals surface area (Å²) in [7, 11) is 4.10. The second-order valence-electron chi connectivity index (χ2n) is 4.66. The molecule has 0 aliphatic carbocycles. The molecular weight excluding hydrogens is 242 g/mol. The zero-order chi connectivity index (χ0) is 13.1. The van der Waals surface area contributed by atoms with Gasteiger partial charge in [-0.15, -0.1) is 11.3 Å². The summed E-state index contributed by atoms with van der Waals surface area (Å²) in [6, 6.07) is 8.67. The molecule has 0 spiro atoms. The molecule has 0 saturated carbocycles. The van der Waals surface area contributed by atoms with Crippen molar-refractivity contribution in [2.75, 3.05) is 23.9 Å². The van der Waals surface area contributed by atoms with E-state index in [9.17, 15) is 0 Å². The molecule has 0 N–H and O–H groups in total. The van der Waals surface area contributed by atoms with Gasteiger partial charge in [-0.2, -0.15) is 0 Å². The van der Waals surface area contributed by atoms with Crippen LogP contribution in [-0.4, -0.2) is 25.1 Å². The molecule has 18 heavy (non-hydrogen) atoms. The Labute approximate surface area is 113 Å². The Morgan fingerprint density at radius 3 is 2.50 bits per heavy atom. The summed E-state index contributed by atoms with van der Waals surface area (Å²) in [5.74, 6) is 1.01. The molecule has 0 amide bonds. The Kier molecular flexibility index (Phi) is 3.87. The van der Waals surface area contributed by atoms with Gasteiger partial charge in [-0.05, 0) is 43.5 Å². The van der Waals surface area contributed by atoms with E-state index in [-0.39, 0.29) is 0 Å². The van der Waals surface area contributed by atoms with Gasteiger partial charge in [0.2, 0.25) is 0 Å². The van der Waals surface area contributed by atoms with E-state index in [0.717, 1.165) is 11.5 Å². The monoisotopic (exact) mass is 261 g/mol. The molecular formula is C14H19N3S. The molecule has 0 fully saturated rings. The summed E-state index contributed by atoms with van der Waals surface area (Å²) in [6.45, 7) is 4.38. The number of aromatic nitrogens is 1. The van der Waals surface area contributed by atoms with Crippen LogP contribution in [0.1, 0.15) is 13.8 Å². The van der Waals surface area contributed by atoms with Gasteiger partial charge in [0, 0.05) is 26.3 Å². The molecule has 3 nitrogen and oxygen atoms in total. The van der Waals surface area contributed by atoms with Gasteiger partial charge in [0.15, 0.2) is 5.82 Å². The summed E-state index contributed by atoms with van der Waals surface area (Å²) in [4.78, 5) is 8.95. The van der Waals surface area contributed by atoms with Crippen LogP contribution in [0.25, 0.3) is 0 Å². The van der Waals surface area contributed by atoms with Gasteiger partial charge < -0.3 is 9.80 Å². The highest BCUT2D eigenvalue weighted by atomic mass is 32.1. The van der Waals surface area contributed by atoms with E-state index in [1.807, 2.05) is 26.4 Å². The van der Waals surface area contributed by atoms with Crippen molar-refractivity contribution in [3.63, 3.8) is 0 Å². The maximum Gasteiger partial charge on any atom is 0.157 e. The van der Waals surface area contributed by atoms with Crippen LogP contribution in [0.4, 0.5) is 16.5 Å². The van der Waals surface area contributed by atoms with Gasteiger partial charge in [-0.25, -0.2) is 4.98 Å². The third-order valence-corrected chi connectivity index (χ3v) is 3.60. The number of pyridine rings is 1. The van der Waals surface area contributed by atoms with E-state index in [4.69, 9.17) is 0 Å². The van der Waals surface area contributed by atoms with Gasteiger partial charge >= 0.3 is 0 Å². The van der Waals surface area contributed by atoms with Crippen molar-refractivity contribution in [2.24, 2.45) is 0 Å². The van der Waals surface area contributed by atoms with E-state index < -0.39 is 0 Å². The quantitative estimate of drug-likeness (QED) is 0.835. The molecule has 0 saturated heterocycles. The van der Waals surface area contributed by atoms with E-state index >= 15 is 0 Å². The zero-order valence-corrected chi connectivity index (χ0v) is 12.1. The normalized spacial score (nSPS) is 10.7. The van der Waals surface area contributed by atoms with Crippen molar-refractivity contribution in [1.82, 2.24) is 4.98 Å². The first kappa shape index (κ1) is 12.9. The van der Waals surface area contributed by atoms with Gasteiger partial charge in [0.25, 0.3) is 0 Å². The van der Waals surface area contributed by atoms with E-state index in [2.05, 4.69) is 52.2 Å². The second-order valence-corrected chi connectivity index (χ2v) is 5.58. The zero-order valence-electron chi connectivity index (χ0n) is 11.3. The highest BCUT2D eigenvalue weighted by molar-refractivity contribution is 7.14. The predicted molar refractivity (Wildman–Crippen MR) is 80.2 cm³/mol. The van der Waals surface area contributed by atoms with E-state index in [1.165, 1.54) is 5.00 Å². The number of hydrogen-bond acceptors (Lipinski definition) is 4. The van der Waals surface area contributed by atoms with Crippen LogP contribution < -0.4 is 9.80 Å². The second kappa shape index (κ2) is 5.40. The molecule has 2 aromatic heterocycles. The molecule has 96 valence electrons. The number of thiophene rings is 1. The molecule has 0 aliphatic heterocycles. The van der Waals surface area contributed by atoms with Crippen molar-refractivity contribution < 1.29 is 0 Å². The fourth-order valence-electron chi connectivity index (χ4n) is 1.93. The fourth-order valence-corrected chi connectivity index (χ4v) is 2.80. The standard InChI is InChI=1S/C14H19N3S/c1-11(2)17(13-8-6-10-18-13)14-12(16(3)4)7-5-9-15-14/h5-11H,1-4H3. The molecule has 0 atom stereocenters. The van der Waals surface area contributed by atoms with Crippen LogP contribution in [-0.2, 0) is 0 Å². The lowest BCUT2D eigenvalue weighted by Crippen LogP contribution is -2.27. The average molecular weight is 261 g/mol.